The molecule has 2 aromatic carbocycles. The highest BCUT2D eigenvalue weighted by Crippen LogP contribution is 2.25. The van der Waals surface area contributed by atoms with Gasteiger partial charge in [-0.2, -0.15) is 4.72 Å². The number of halogens is 1. The smallest absolute Gasteiger partial charge is 0.242 e. The van der Waals surface area contributed by atoms with Crippen LogP contribution in [0, 0.1) is 0 Å². The summed E-state index contributed by atoms with van der Waals surface area (Å²) in [6, 6.07) is 9.33. The average molecular weight is 604 g/mol. The molecule has 41 heavy (non-hydrogen) atoms. The molecule has 12 heteroatoms. The predicted molar refractivity (Wildman–Crippen MR) is 157 cm³/mol. The fourth-order valence-corrected chi connectivity index (χ4v) is 7.72. The van der Waals surface area contributed by atoms with Crippen LogP contribution >= 0.6 is 11.6 Å². The molecular formula is C29H38ClN5O5S. The summed E-state index contributed by atoms with van der Waals surface area (Å²) < 4.78 is 29.0. The molecule has 0 bridgehead atoms. The molecule has 1 unspecified atom stereocenters. The van der Waals surface area contributed by atoms with Gasteiger partial charge in [0.05, 0.1) is 11.4 Å². The Balaban J connectivity index is 1.19. The number of likely N-dealkylation sites (tertiary alicyclic amines) is 3. The van der Waals surface area contributed by atoms with E-state index in [-0.39, 0.29) is 41.2 Å². The third-order valence-corrected chi connectivity index (χ3v) is 10.4. The first kappa shape index (κ1) is 29.8. The number of fused-ring (bicyclic) bond motifs is 1. The lowest BCUT2D eigenvalue weighted by molar-refractivity contribution is -0.143. The van der Waals surface area contributed by atoms with Gasteiger partial charge >= 0.3 is 0 Å². The highest BCUT2D eigenvalue weighted by molar-refractivity contribution is 7.89. The third-order valence-electron chi connectivity index (χ3n) is 8.70. The number of rotatable bonds is 8. The van der Waals surface area contributed by atoms with E-state index in [0.29, 0.717) is 31.0 Å². The number of benzene rings is 2. The molecule has 0 aromatic heterocycles. The van der Waals surface area contributed by atoms with Crippen LogP contribution in [0.3, 0.4) is 0 Å². The monoisotopic (exact) mass is 603 g/mol. The van der Waals surface area contributed by atoms with Gasteiger partial charge in [0, 0.05) is 63.8 Å². The second-order valence-electron chi connectivity index (χ2n) is 11.4. The molecule has 5 rings (SSSR count). The number of carbonyl (C=O) groups excluding carboxylic acids is 3. The first-order chi connectivity index (χ1) is 19.5. The minimum atomic E-state index is -3.96. The summed E-state index contributed by atoms with van der Waals surface area (Å²) in [6.45, 7) is 5.03. The minimum Gasteiger partial charge on any atom is -0.342 e. The zero-order valence-electron chi connectivity index (χ0n) is 23.6. The molecule has 3 atom stereocenters. The van der Waals surface area contributed by atoms with Crippen molar-refractivity contribution in [3.63, 3.8) is 0 Å². The highest BCUT2D eigenvalue weighted by atomic mass is 35.5. The topological polar surface area (TPSA) is 110 Å². The van der Waals surface area contributed by atoms with Crippen molar-refractivity contribution in [2.24, 2.45) is 0 Å². The lowest BCUT2D eigenvalue weighted by Gasteiger charge is -2.35. The van der Waals surface area contributed by atoms with Gasteiger partial charge < -0.3 is 14.7 Å². The van der Waals surface area contributed by atoms with Gasteiger partial charge in [0.15, 0.2) is 0 Å². The number of nitrogens with one attached hydrogen (secondary N) is 1. The molecule has 10 nitrogen and oxygen atoms in total. The van der Waals surface area contributed by atoms with Crippen molar-refractivity contribution in [3.8, 4) is 0 Å². The zero-order valence-corrected chi connectivity index (χ0v) is 25.2. The van der Waals surface area contributed by atoms with Gasteiger partial charge in [-0.15, -0.1) is 0 Å². The van der Waals surface area contributed by atoms with E-state index in [4.69, 9.17) is 11.6 Å². The second-order valence-corrected chi connectivity index (χ2v) is 13.6. The van der Waals surface area contributed by atoms with E-state index < -0.39 is 16.1 Å². The van der Waals surface area contributed by atoms with Gasteiger partial charge in [0.25, 0.3) is 0 Å². The van der Waals surface area contributed by atoms with Crippen molar-refractivity contribution in [1.82, 2.24) is 24.3 Å². The third kappa shape index (κ3) is 6.69. The van der Waals surface area contributed by atoms with Crippen LogP contribution in [0.2, 0.25) is 5.02 Å². The van der Waals surface area contributed by atoms with Crippen molar-refractivity contribution in [3.05, 3.63) is 41.4 Å². The first-order valence-corrected chi connectivity index (χ1v) is 16.1. The molecule has 0 saturated carbocycles. The number of sulfonamides is 1. The van der Waals surface area contributed by atoms with Crippen molar-refractivity contribution in [2.45, 2.75) is 62.0 Å². The maximum Gasteiger partial charge on any atom is 0.242 e. The Hall–Kier alpha value is -2.73. The quantitative estimate of drug-likeness (QED) is 0.496. The van der Waals surface area contributed by atoms with Crippen LogP contribution in [0.4, 0.5) is 0 Å². The van der Waals surface area contributed by atoms with Crippen LogP contribution in [-0.4, -0.2) is 110 Å². The molecule has 2 aromatic rings. The zero-order chi connectivity index (χ0) is 29.3. The summed E-state index contributed by atoms with van der Waals surface area (Å²) in [6.07, 6.45) is 3.72. The van der Waals surface area contributed by atoms with E-state index in [1.165, 1.54) is 11.0 Å². The molecule has 222 valence electrons. The second kappa shape index (κ2) is 12.2. The van der Waals surface area contributed by atoms with Crippen LogP contribution in [0.25, 0.3) is 10.8 Å². The number of nitrogens with zero attached hydrogens (tertiary/aromatic N) is 4. The minimum absolute atomic E-state index is 0.0556. The highest BCUT2D eigenvalue weighted by Gasteiger charge is 2.37. The molecule has 1 N–H and O–H groups in total. The lowest BCUT2D eigenvalue weighted by atomic mass is 10.1. The van der Waals surface area contributed by atoms with E-state index >= 15 is 0 Å². The number of amides is 3. The van der Waals surface area contributed by atoms with Gasteiger partial charge in [-0.25, -0.2) is 8.42 Å². The number of likely N-dealkylation sites (N-methyl/N-ethyl adjacent to an activating group) is 1. The molecule has 0 aliphatic carbocycles. The summed E-state index contributed by atoms with van der Waals surface area (Å²) in [5.41, 5.74) is 0. The van der Waals surface area contributed by atoms with Gasteiger partial charge in [0.1, 0.15) is 6.04 Å². The number of hydrogen-bond acceptors (Lipinski definition) is 6. The Labute approximate surface area is 246 Å². The Morgan fingerprint density at radius 1 is 1.02 bits per heavy atom. The standard InChI is InChI=1S/C29H38ClN5O5S/c1-20(36)32(2)24-11-14-33(17-24)18-25-5-3-13-35(25)28(37)19-34-12-4-6-27(29(34)38)31-41(39,40)26-10-8-21-15-23(30)9-7-22(21)16-26/h7-10,15-16,24-25,27,31H,3-6,11-14,17-19H2,1-2H3/t24?,25-,27-/m0/s1. The van der Waals surface area contributed by atoms with Crippen LogP contribution in [0.1, 0.15) is 39.0 Å². The molecule has 0 spiro atoms. The molecule has 3 fully saturated rings. The van der Waals surface area contributed by atoms with Gasteiger partial charge in [-0.1, -0.05) is 23.7 Å². The summed E-state index contributed by atoms with van der Waals surface area (Å²) in [5.74, 6) is -0.413. The number of piperidine rings is 1. The van der Waals surface area contributed by atoms with Crippen molar-refractivity contribution < 1.29 is 22.8 Å². The predicted octanol–water partition coefficient (Wildman–Crippen LogP) is 2.31. The van der Waals surface area contributed by atoms with Crippen LogP contribution in [-0.2, 0) is 24.4 Å². The maximum absolute atomic E-state index is 13.4. The molecule has 0 radical (unpaired) electrons. The Morgan fingerprint density at radius 2 is 1.76 bits per heavy atom. The number of carbonyl (C=O) groups is 3. The fourth-order valence-electron chi connectivity index (χ4n) is 6.28. The van der Waals surface area contributed by atoms with E-state index in [1.807, 2.05) is 11.9 Å². The average Bonchev–Trinajstić information content (AvgIpc) is 3.60. The van der Waals surface area contributed by atoms with E-state index in [0.717, 1.165) is 49.7 Å². The normalized spacial score (nSPS) is 23.9. The Kier molecular flexibility index (Phi) is 8.89. The van der Waals surface area contributed by atoms with Crippen LogP contribution in [0.5, 0.6) is 0 Å². The molecule has 3 heterocycles. The Bertz CT molecular complexity index is 1440. The van der Waals surface area contributed by atoms with Crippen molar-refractivity contribution in [1.29, 1.82) is 0 Å². The fraction of sp³-hybridized carbons (Fsp3) is 0.552. The lowest BCUT2D eigenvalue weighted by Crippen LogP contribution is -2.55. The SMILES string of the molecule is CC(=O)N(C)C1CCN(C[C@@H]2CCCN2C(=O)CN2CCC[C@H](NS(=O)(=O)c3ccc4cc(Cl)ccc4c3)C2=O)C1. The van der Waals surface area contributed by atoms with Gasteiger partial charge in [0.2, 0.25) is 27.7 Å². The summed E-state index contributed by atoms with van der Waals surface area (Å²) in [4.78, 5) is 46.0. The largest absolute Gasteiger partial charge is 0.342 e. The van der Waals surface area contributed by atoms with Gasteiger partial charge in [-0.05, 0) is 67.1 Å². The maximum atomic E-state index is 13.4. The van der Waals surface area contributed by atoms with E-state index in [9.17, 15) is 22.8 Å². The summed E-state index contributed by atoms with van der Waals surface area (Å²) in [7, 11) is -2.12. The Morgan fingerprint density at radius 3 is 2.54 bits per heavy atom. The molecule has 3 aliphatic rings. The van der Waals surface area contributed by atoms with E-state index in [1.54, 1.807) is 42.2 Å². The molecule has 3 amide bonds. The van der Waals surface area contributed by atoms with Crippen molar-refractivity contribution >= 4 is 50.1 Å². The molecule has 3 saturated heterocycles. The van der Waals surface area contributed by atoms with Crippen molar-refractivity contribution in [2.75, 3.05) is 46.3 Å². The summed E-state index contributed by atoms with van der Waals surface area (Å²) >= 11 is 6.04. The van der Waals surface area contributed by atoms with Crippen LogP contribution < -0.4 is 4.72 Å². The van der Waals surface area contributed by atoms with E-state index in [2.05, 4.69) is 9.62 Å². The summed E-state index contributed by atoms with van der Waals surface area (Å²) in [5, 5.41) is 2.12. The number of hydrogen-bond donors (Lipinski definition) is 1. The van der Waals surface area contributed by atoms with Crippen LogP contribution in [0.15, 0.2) is 41.3 Å². The van der Waals surface area contributed by atoms with Gasteiger partial charge in [-0.3, -0.25) is 19.3 Å². The first-order valence-electron chi connectivity index (χ1n) is 14.3. The molecular weight excluding hydrogens is 566 g/mol. The molecule has 3 aliphatic heterocycles.